The molecule has 0 aromatic heterocycles. The zero-order chi connectivity index (χ0) is 8.81. The van der Waals surface area contributed by atoms with Crippen molar-refractivity contribution in [3.05, 3.63) is 29.8 Å². The van der Waals surface area contributed by atoms with E-state index in [1.165, 1.54) is 6.08 Å². The van der Waals surface area contributed by atoms with Gasteiger partial charge in [-0.15, -0.1) is 0 Å². The molecule has 4 heteroatoms. The fourth-order valence-corrected chi connectivity index (χ4v) is 1.22. The van der Waals surface area contributed by atoms with Crippen LogP contribution in [0.3, 0.4) is 0 Å². The number of benzene rings is 1. The maximum absolute atomic E-state index is 9.87. The van der Waals surface area contributed by atoms with E-state index in [0.29, 0.717) is 12.3 Å². The molecule has 0 unspecified atom stereocenters. The van der Waals surface area contributed by atoms with Crippen molar-refractivity contribution >= 4 is 22.3 Å². The van der Waals surface area contributed by atoms with Crippen molar-refractivity contribution < 1.29 is 9.22 Å². The average Bonchev–Trinajstić information content (AvgIpc) is 2.09. The summed E-state index contributed by atoms with van der Waals surface area (Å²) in [6.45, 7) is 0.636. The highest BCUT2D eigenvalue weighted by Gasteiger charge is 1.91. The summed E-state index contributed by atoms with van der Waals surface area (Å²) in [5, 5.41) is 0. The molecule has 1 rings (SSSR count). The van der Waals surface area contributed by atoms with Crippen LogP contribution < -0.4 is 0 Å². The summed E-state index contributed by atoms with van der Waals surface area (Å²) in [6, 6.07) is 7.30. The first-order chi connectivity index (χ1) is 5.86. The van der Waals surface area contributed by atoms with Crippen molar-refractivity contribution in [1.29, 1.82) is 0 Å². The topological polar surface area (TPSA) is 38.7 Å². The largest absolute Gasteiger partial charge is 0.424 e. The molecule has 0 radical (unpaired) electrons. The van der Waals surface area contributed by atoms with E-state index in [0.717, 1.165) is 16.0 Å². The van der Waals surface area contributed by atoms with Gasteiger partial charge in [-0.25, -0.2) is 4.79 Å². The van der Waals surface area contributed by atoms with Gasteiger partial charge in [0.1, 0.15) is 10.5 Å². The molecule has 0 spiro atoms. The Morgan fingerprint density at radius 3 is 2.58 bits per heavy atom. The number of nitrogens with zero attached hydrogens (tertiary/aromatic N) is 1. The molecule has 0 heterocycles. The van der Waals surface area contributed by atoms with E-state index < -0.39 is 0 Å². The lowest BCUT2D eigenvalue weighted by Gasteiger charge is -1.98. The highest BCUT2D eigenvalue weighted by atomic mass is 28.2. The summed E-state index contributed by atoms with van der Waals surface area (Å²) in [5.74, 6) is 0. The van der Waals surface area contributed by atoms with E-state index >= 15 is 0 Å². The van der Waals surface area contributed by atoms with Gasteiger partial charge in [0.2, 0.25) is 6.08 Å². The molecule has 62 valence electrons. The van der Waals surface area contributed by atoms with Crippen LogP contribution in [0.5, 0.6) is 0 Å². The third-order valence-electron chi connectivity index (χ3n) is 1.42. The van der Waals surface area contributed by atoms with Crippen LogP contribution in [-0.4, -0.2) is 16.6 Å². The molecule has 0 aliphatic heterocycles. The Bertz CT molecular complexity index is 290. The number of aliphatic imine (C=N–C) groups is 1. The lowest BCUT2D eigenvalue weighted by atomic mass is 10.2. The van der Waals surface area contributed by atoms with E-state index in [2.05, 4.69) is 4.99 Å². The molecular formula is C8H9NO2Si. The van der Waals surface area contributed by atoms with Crippen LogP contribution in [0.15, 0.2) is 29.3 Å². The quantitative estimate of drug-likeness (QED) is 0.384. The van der Waals surface area contributed by atoms with Gasteiger partial charge < -0.3 is 4.43 Å². The number of rotatable bonds is 3. The van der Waals surface area contributed by atoms with Crippen LogP contribution in [0.1, 0.15) is 5.56 Å². The van der Waals surface area contributed by atoms with Crippen LogP contribution in [0.4, 0.5) is 5.69 Å². The van der Waals surface area contributed by atoms with Gasteiger partial charge in [-0.3, -0.25) is 0 Å². The van der Waals surface area contributed by atoms with Gasteiger partial charge >= 0.3 is 0 Å². The molecule has 0 N–H and O–H groups in total. The zero-order valence-electron chi connectivity index (χ0n) is 6.78. The Morgan fingerprint density at radius 1 is 1.42 bits per heavy atom. The molecule has 0 aliphatic carbocycles. The van der Waals surface area contributed by atoms with E-state index in [9.17, 15) is 4.79 Å². The van der Waals surface area contributed by atoms with Crippen LogP contribution in [-0.2, 0) is 15.8 Å². The van der Waals surface area contributed by atoms with Gasteiger partial charge in [-0.05, 0) is 17.7 Å². The number of hydrogen-bond donors (Lipinski definition) is 0. The Balaban J connectivity index is 2.77. The lowest BCUT2D eigenvalue weighted by Crippen LogP contribution is -1.86. The van der Waals surface area contributed by atoms with Gasteiger partial charge in [0.15, 0.2) is 0 Å². The van der Waals surface area contributed by atoms with Crippen LogP contribution in [0.25, 0.3) is 0 Å². The third-order valence-corrected chi connectivity index (χ3v) is 1.71. The average molecular weight is 179 g/mol. The fraction of sp³-hybridized carbons (Fsp3) is 0.125. The maximum atomic E-state index is 9.87. The second-order valence-electron chi connectivity index (χ2n) is 2.30. The minimum absolute atomic E-state index is 0.627. The molecule has 1 aromatic rings. The normalized spacial score (nSPS) is 9.33. The standard InChI is InChI=1S/C8H9NO2Si/c10-6-9-8-3-1-7(2-4-8)5-11-12/h1-4H,5H2,12H3. The summed E-state index contributed by atoms with van der Waals surface area (Å²) in [5.41, 5.74) is 1.72. The van der Waals surface area contributed by atoms with Crippen molar-refractivity contribution in [3.8, 4) is 0 Å². The van der Waals surface area contributed by atoms with Crippen LogP contribution >= 0.6 is 0 Å². The Kier molecular flexibility index (Phi) is 3.41. The predicted octanol–water partition coefficient (Wildman–Crippen LogP) is 0.451. The SMILES string of the molecule is O=C=Nc1ccc(CO[SiH3])cc1. The molecule has 0 aliphatic rings. The third kappa shape index (κ3) is 2.43. The van der Waals surface area contributed by atoms with Crippen LogP contribution in [0, 0.1) is 0 Å². The van der Waals surface area contributed by atoms with Crippen molar-refractivity contribution in [2.45, 2.75) is 6.61 Å². The molecular weight excluding hydrogens is 170 g/mol. The maximum Gasteiger partial charge on any atom is 0.240 e. The molecule has 0 saturated carbocycles. The summed E-state index contributed by atoms with van der Waals surface area (Å²) < 4.78 is 5.06. The monoisotopic (exact) mass is 179 g/mol. The minimum atomic E-state index is 0.627. The highest BCUT2D eigenvalue weighted by Crippen LogP contribution is 2.12. The number of isocyanates is 1. The number of carbonyl (C=O) groups excluding carboxylic acids is 1. The lowest BCUT2D eigenvalue weighted by molar-refractivity contribution is 0.338. The Hall–Kier alpha value is -1.22. The second-order valence-corrected chi connectivity index (χ2v) is 2.88. The van der Waals surface area contributed by atoms with Crippen LogP contribution in [0.2, 0.25) is 0 Å². The van der Waals surface area contributed by atoms with Gasteiger partial charge in [-0.2, -0.15) is 4.99 Å². The van der Waals surface area contributed by atoms with E-state index in [1.54, 1.807) is 12.1 Å². The van der Waals surface area contributed by atoms with E-state index in [1.807, 2.05) is 12.1 Å². The summed E-state index contributed by atoms with van der Waals surface area (Å²) in [6.07, 6.45) is 1.49. The Labute approximate surface area is 73.6 Å². The first-order valence-electron chi connectivity index (χ1n) is 3.52. The number of hydrogen-bond acceptors (Lipinski definition) is 3. The fourth-order valence-electron chi connectivity index (χ4n) is 0.886. The zero-order valence-corrected chi connectivity index (χ0v) is 8.78. The summed E-state index contributed by atoms with van der Waals surface area (Å²) >= 11 is 0. The molecule has 12 heavy (non-hydrogen) atoms. The van der Waals surface area contributed by atoms with Crippen molar-refractivity contribution in [3.63, 3.8) is 0 Å². The van der Waals surface area contributed by atoms with Crippen molar-refractivity contribution in [2.75, 3.05) is 0 Å². The molecule has 0 bridgehead atoms. The van der Waals surface area contributed by atoms with Gasteiger partial charge in [0.05, 0.1) is 12.3 Å². The van der Waals surface area contributed by atoms with E-state index in [-0.39, 0.29) is 0 Å². The first kappa shape index (κ1) is 8.87. The van der Waals surface area contributed by atoms with Gasteiger partial charge in [-0.1, -0.05) is 12.1 Å². The van der Waals surface area contributed by atoms with Gasteiger partial charge in [0.25, 0.3) is 0 Å². The summed E-state index contributed by atoms with van der Waals surface area (Å²) in [4.78, 5) is 13.3. The first-order valence-corrected chi connectivity index (χ1v) is 4.34. The highest BCUT2D eigenvalue weighted by molar-refractivity contribution is 5.97. The summed E-state index contributed by atoms with van der Waals surface area (Å²) in [7, 11) is 0.738. The van der Waals surface area contributed by atoms with Crippen molar-refractivity contribution in [2.24, 2.45) is 4.99 Å². The van der Waals surface area contributed by atoms with Crippen molar-refractivity contribution in [1.82, 2.24) is 0 Å². The molecule has 3 nitrogen and oxygen atoms in total. The molecule has 1 aromatic carbocycles. The second kappa shape index (κ2) is 4.61. The van der Waals surface area contributed by atoms with Gasteiger partial charge in [0, 0.05) is 0 Å². The van der Waals surface area contributed by atoms with E-state index in [4.69, 9.17) is 4.43 Å². The molecule has 0 amide bonds. The minimum Gasteiger partial charge on any atom is -0.424 e. The predicted molar refractivity (Wildman–Crippen MR) is 49.0 cm³/mol. The molecule has 0 saturated heterocycles. The smallest absolute Gasteiger partial charge is 0.240 e. The molecule has 0 fully saturated rings. The molecule has 0 atom stereocenters. The Morgan fingerprint density at radius 2 is 2.08 bits per heavy atom.